The zero-order valence-electron chi connectivity index (χ0n) is 10.2. The number of nitrogens with zero attached hydrogens (tertiary/aromatic N) is 2. The summed E-state index contributed by atoms with van der Waals surface area (Å²) in [5.41, 5.74) is 0. The SMILES string of the molecule is CN(C1CCC(=O)NC1=O)S(=O)(=O)c1ccccn1. The van der Waals surface area contributed by atoms with Crippen molar-refractivity contribution in [2.75, 3.05) is 7.05 Å². The molecule has 0 aliphatic carbocycles. The summed E-state index contributed by atoms with van der Waals surface area (Å²) in [7, 11) is -2.53. The molecule has 1 N–H and O–H groups in total. The van der Waals surface area contributed by atoms with E-state index < -0.39 is 22.0 Å². The fourth-order valence-corrected chi connectivity index (χ4v) is 3.12. The first-order valence-electron chi connectivity index (χ1n) is 5.65. The minimum absolute atomic E-state index is 0.123. The number of likely N-dealkylation sites (N-methyl/N-ethyl adjacent to an activating group) is 1. The van der Waals surface area contributed by atoms with E-state index in [0.717, 1.165) is 4.31 Å². The van der Waals surface area contributed by atoms with E-state index in [9.17, 15) is 18.0 Å². The minimum atomic E-state index is -3.84. The van der Waals surface area contributed by atoms with E-state index in [4.69, 9.17) is 0 Å². The molecule has 2 amide bonds. The molecule has 7 nitrogen and oxygen atoms in total. The number of nitrogens with one attached hydrogen (secondary N) is 1. The van der Waals surface area contributed by atoms with Crippen molar-refractivity contribution < 1.29 is 18.0 Å². The molecule has 0 bridgehead atoms. The summed E-state index contributed by atoms with van der Waals surface area (Å²) >= 11 is 0. The Hall–Kier alpha value is -1.80. The first-order chi connectivity index (χ1) is 8.93. The van der Waals surface area contributed by atoms with Gasteiger partial charge in [0.15, 0.2) is 5.03 Å². The fraction of sp³-hybridized carbons (Fsp3) is 0.364. The van der Waals surface area contributed by atoms with Crippen LogP contribution in [0.4, 0.5) is 0 Å². The lowest BCUT2D eigenvalue weighted by molar-refractivity contribution is -0.135. The van der Waals surface area contributed by atoms with E-state index >= 15 is 0 Å². The van der Waals surface area contributed by atoms with E-state index in [1.807, 2.05) is 0 Å². The van der Waals surface area contributed by atoms with Gasteiger partial charge in [-0.3, -0.25) is 14.9 Å². The molecule has 1 aliphatic rings. The van der Waals surface area contributed by atoms with Crippen LogP contribution in [-0.2, 0) is 19.6 Å². The largest absolute Gasteiger partial charge is 0.295 e. The van der Waals surface area contributed by atoms with Crippen LogP contribution in [0.15, 0.2) is 29.4 Å². The zero-order valence-corrected chi connectivity index (χ0v) is 11.1. The Morgan fingerprint density at radius 3 is 2.68 bits per heavy atom. The van der Waals surface area contributed by atoms with Crippen LogP contribution in [0.5, 0.6) is 0 Å². The van der Waals surface area contributed by atoms with Gasteiger partial charge in [-0.2, -0.15) is 4.31 Å². The highest BCUT2D eigenvalue weighted by atomic mass is 32.2. The number of carbonyl (C=O) groups is 2. The predicted octanol–water partition coefficient (Wildman–Crippen LogP) is -0.493. The van der Waals surface area contributed by atoms with Crippen molar-refractivity contribution in [1.29, 1.82) is 0 Å². The molecule has 2 heterocycles. The molecule has 0 radical (unpaired) electrons. The van der Waals surface area contributed by atoms with Gasteiger partial charge in [-0.15, -0.1) is 0 Å². The number of rotatable bonds is 3. The molecule has 1 aromatic rings. The van der Waals surface area contributed by atoms with Crippen molar-refractivity contribution in [2.45, 2.75) is 23.9 Å². The maximum Gasteiger partial charge on any atom is 0.260 e. The Morgan fingerprint density at radius 1 is 1.37 bits per heavy atom. The van der Waals surface area contributed by atoms with Crippen LogP contribution in [0, 0.1) is 0 Å². The molecular formula is C11H13N3O4S. The van der Waals surface area contributed by atoms with E-state index in [0.29, 0.717) is 0 Å². The standard InChI is InChI=1S/C11H13N3O4S/c1-14(8-5-6-9(15)13-11(8)16)19(17,18)10-4-2-3-7-12-10/h2-4,7-8H,5-6H2,1H3,(H,13,15,16). The Labute approximate surface area is 110 Å². The number of pyridine rings is 1. The number of piperidine rings is 1. The van der Waals surface area contributed by atoms with Crippen molar-refractivity contribution in [3.8, 4) is 0 Å². The Kier molecular flexibility index (Phi) is 3.63. The van der Waals surface area contributed by atoms with Crippen molar-refractivity contribution in [3.05, 3.63) is 24.4 Å². The van der Waals surface area contributed by atoms with E-state index in [1.165, 1.54) is 19.3 Å². The zero-order chi connectivity index (χ0) is 14.0. The summed E-state index contributed by atoms with van der Waals surface area (Å²) in [6.45, 7) is 0. The summed E-state index contributed by atoms with van der Waals surface area (Å²) in [5, 5.41) is 2.01. The van der Waals surface area contributed by atoms with Gasteiger partial charge in [0, 0.05) is 19.7 Å². The number of aromatic nitrogens is 1. The van der Waals surface area contributed by atoms with Gasteiger partial charge in [0.25, 0.3) is 10.0 Å². The van der Waals surface area contributed by atoms with E-state index in [2.05, 4.69) is 10.3 Å². The molecule has 1 atom stereocenters. The molecule has 0 aromatic carbocycles. The van der Waals surface area contributed by atoms with Crippen molar-refractivity contribution in [1.82, 2.24) is 14.6 Å². The molecule has 0 spiro atoms. The number of hydrogen-bond donors (Lipinski definition) is 1. The molecule has 1 unspecified atom stereocenters. The Bertz CT molecular complexity index is 600. The van der Waals surface area contributed by atoms with E-state index in [1.54, 1.807) is 12.1 Å². The number of amides is 2. The summed E-state index contributed by atoms with van der Waals surface area (Å²) in [5.74, 6) is -0.983. The molecule has 8 heteroatoms. The van der Waals surface area contributed by atoms with Crippen LogP contribution in [-0.4, -0.2) is 42.6 Å². The quantitative estimate of drug-likeness (QED) is 0.755. The molecule has 102 valence electrons. The first-order valence-corrected chi connectivity index (χ1v) is 7.09. The van der Waals surface area contributed by atoms with Crippen molar-refractivity contribution >= 4 is 21.8 Å². The monoisotopic (exact) mass is 283 g/mol. The van der Waals surface area contributed by atoms with Crippen LogP contribution in [0.3, 0.4) is 0 Å². The summed E-state index contributed by atoms with van der Waals surface area (Å²) < 4.78 is 25.5. The van der Waals surface area contributed by atoms with Gasteiger partial charge in [-0.1, -0.05) is 6.07 Å². The minimum Gasteiger partial charge on any atom is -0.295 e. The van der Waals surface area contributed by atoms with Gasteiger partial charge in [-0.05, 0) is 18.6 Å². The third kappa shape index (κ3) is 2.64. The second-order valence-electron chi connectivity index (χ2n) is 4.16. The van der Waals surface area contributed by atoms with Gasteiger partial charge in [0.1, 0.15) is 6.04 Å². The molecule has 19 heavy (non-hydrogen) atoms. The van der Waals surface area contributed by atoms with Crippen LogP contribution < -0.4 is 5.32 Å². The lowest BCUT2D eigenvalue weighted by atomic mass is 10.1. The highest BCUT2D eigenvalue weighted by molar-refractivity contribution is 7.89. The summed E-state index contributed by atoms with van der Waals surface area (Å²) in [6.07, 6.45) is 1.66. The Balaban J connectivity index is 2.27. The molecule has 1 fully saturated rings. The normalized spacial score (nSPS) is 20.4. The average molecular weight is 283 g/mol. The van der Waals surface area contributed by atoms with Gasteiger partial charge in [-0.25, -0.2) is 13.4 Å². The number of carbonyl (C=O) groups excluding carboxylic acids is 2. The number of sulfonamides is 1. The first kappa shape index (κ1) is 13.6. The van der Waals surface area contributed by atoms with Crippen LogP contribution >= 0.6 is 0 Å². The highest BCUT2D eigenvalue weighted by Crippen LogP contribution is 2.18. The highest BCUT2D eigenvalue weighted by Gasteiger charge is 2.36. The van der Waals surface area contributed by atoms with Crippen LogP contribution in [0.1, 0.15) is 12.8 Å². The lowest BCUT2D eigenvalue weighted by Crippen LogP contribution is -2.52. The molecule has 1 aliphatic heterocycles. The summed E-state index contributed by atoms with van der Waals surface area (Å²) in [6, 6.07) is 3.63. The molecule has 1 saturated heterocycles. The molecule has 0 saturated carbocycles. The topological polar surface area (TPSA) is 96.4 Å². The van der Waals surface area contributed by atoms with E-state index in [-0.39, 0.29) is 23.8 Å². The predicted molar refractivity (Wildman–Crippen MR) is 65.4 cm³/mol. The molecule has 2 rings (SSSR count). The smallest absolute Gasteiger partial charge is 0.260 e. The molecular weight excluding hydrogens is 270 g/mol. The van der Waals surface area contributed by atoms with Crippen LogP contribution in [0.2, 0.25) is 0 Å². The van der Waals surface area contributed by atoms with Crippen LogP contribution in [0.25, 0.3) is 0 Å². The fourth-order valence-electron chi connectivity index (χ4n) is 1.84. The molecule has 1 aromatic heterocycles. The van der Waals surface area contributed by atoms with Crippen molar-refractivity contribution in [2.24, 2.45) is 0 Å². The maximum atomic E-state index is 12.3. The lowest BCUT2D eigenvalue weighted by Gasteiger charge is -2.28. The second-order valence-corrected chi connectivity index (χ2v) is 6.10. The number of hydrogen-bond acceptors (Lipinski definition) is 5. The van der Waals surface area contributed by atoms with Crippen molar-refractivity contribution in [3.63, 3.8) is 0 Å². The second kappa shape index (κ2) is 5.06. The average Bonchev–Trinajstić information content (AvgIpc) is 2.39. The summed E-state index contributed by atoms with van der Waals surface area (Å²) in [4.78, 5) is 26.5. The maximum absolute atomic E-state index is 12.3. The third-order valence-electron chi connectivity index (χ3n) is 2.93. The third-order valence-corrected chi connectivity index (χ3v) is 4.71. The van der Waals surface area contributed by atoms with Gasteiger partial charge in [0.2, 0.25) is 11.8 Å². The van der Waals surface area contributed by atoms with Gasteiger partial charge >= 0.3 is 0 Å². The Morgan fingerprint density at radius 2 is 2.11 bits per heavy atom. The number of imide groups is 1. The van der Waals surface area contributed by atoms with Gasteiger partial charge < -0.3 is 0 Å². The van der Waals surface area contributed by atoms with Gasteiger partial charge in [0.05, 0.1) is 0 Å².